The summed E-state index contributed by atoms with van der Waals surface area (Å²) in [4.78, 5) is 8.40. The molecule has 1 aromatic heterocycles. The van der Waals surface area contributed by atoms with E-state index in [1.807, 2.05) is 13.8 Å². The van der Waals surface area contributed by atoms with Crippen LogP contribution in [0.2, 0.25) is 5.02 Å². The molecule has 0 aliphatic rings. The number of benzene rings is 1. The van der Waals surface area contributed by atoms with Gasteiger partial charge in [0.2, 0.25) is 11.8 Å². The average molecular weight is 361 g/mol. The summed E-state index contributed by atoms with van der Waals surface area (Å²) in [5.74, 6) is 0.541. The van der Waals surface area contributed by atoms with Crippen molar-refractivity contribution in [2.75, 3.05) is 11.9 Å². The van der Waals surface area contributed by atoms with E-state index in [-0.39, 0.29) is 5.02 Å². The van der Waals surface area contributed by atoms with Crippen LogP contribution in [0.15, 0.2) is 22.7 Å². The fourth-order valence-corrected chi connectivity index (χ4v) is 2.24. The van der Waals surface area contributed by atoms with Crippen molar-refractivity contribution in [1.82, 2.24) is 9.97 Å². The monoisotopic (exact) mass is 359 g/mol. The van der Waals surface area contributed by atoms with Crippen molar-refractivity contribution >= 4 is 33.5 Å². The maximum Gasteiger partial charge on any atom is 0.226 e. The molecule has 0 aliphatic carbocycles. The summed E-state index contributed by atoms with van der Waals surface area (Å²) in [6.45, 7) is 4.46. The van der Waals surface area contributed by atoms with E-state index >= 15 is 0 Å². The molecule has 1 N–H and O–H groups in total. The minimum absolute atomic E-state index is 0.0245. The molecule has 0 unspecified atom stereocenters. The van der Waals surface area contributed by atoms with Gasteiger partial charge in [-0.15, -0.1) is 0 Å². The van der Waals surface area contributed by atoms with Gasteiger partial charge in [0.15, 0.2) is 0 Å². The minimum Gasteiger partial charge on any atom is -0.438 e. The average Bonchev–Trinajstić information content (AvgIpc) is 2.35. The zero-order chi connectivity index (χ0) is 14.7. The Kier molecular flexibility index (Phi) is 4.77. The highest BCUT2D eigenvalue weighted by Crippen LogP contribution is 2.33. The highest BCUT2D eigenvalue weighted by Gasteiger charge is 2.10. The lowest BCUT2D eigenvalue weighted by atomic mass is 10.3. The molecule has 1 heterocycles. The molecule has 4 nitrogen and oxygen atoms in total. The van der Waals surface area contributed by atoms with Crippen molar-refractivity contribution in [3.63, 3.8) is 0 Å². The summed E-state index contributed by atoms with van der Waals surface area (Å²) in [5.41, 5.74) is 0.747. The summed E-state index contributed by atoms with van der Waals surface area (Å²) in [5, 5.41) is 3.02. The van der Waals surface area contributed by atoms with Crippen LogP contribution in [0.5, 0.6) is 11.6 Å². The van der Waals surface area contributed by atoms with E-state index in [0.717, 1.165) is 5.69 Å². The van der Waals surface area contributed by atoms with Gasteiger partial charge in [-0.2, -0.15) is 4.98 Å². The Hall–Kier alpha value is -1.40. The van der Waals surface area contributed by atoms with Crippen LogP contribution in [0.25, 0.3) is 0 Å². The van der Waals surface area contributed by atoms with Crippen molar-refractivity contribution in [2.45, 2.75) is 13.8 Å². The Morgan fingerprint density at radius 1 is 1.35 bits per heavy atom. The van der Waals surface area contributed by atoms with Gasteiger partial charge in [-0.25, -0.2) is 9.37 Å². The standard InChI is InChI=1S/C13H12BrClFN3O/c1-3-17-13-18-7(2)4-12(19-13)20-11-6-10(16)9(15)5-8(11)14/h4-6H,3H2,1-2H3,(H,17,18,19). The molecule has 7 heteroatoms. The number of anilines is 1. The molecule has 0 fully saturated rings. The molecule has 2 rings (SSSR count). The topological polar surface area (TPSA) is 47.0 Å². The van der Waals surface area contributed by atoms with Crippen LogP contribution in [-0.4, -0.2) is 16.5 Å². The predicted octanol–water partition coefficient (Wildman–Crippen LogP) is 4.56. The van der Waals surface area contributed by atoms with E-state index in [9.17, 15) is 4.39 Å². The number of ether oxygens (including phenoxy) is 1. The molecule has 0 aliphatic heterocycles. The van der Waals surface area contributed by atoms with Gasteiger partial charge in [-0.3, -0.25) is 0 Å². The number of hydrogen-bond donors (Lipinski definition) is 1. The van der Waals surface area contributed by atoms with Gasteiger partial charge in [0.1, 0.15) is 11.6 Å². The Labute approximate surface area is 129 Å². The van der Waals surface area contributed by atoms with E-state index in [1.165, 1.54) is 12.1 Å². The normalized spacial score (nSPS) is 10.4. The summed E-state index contributed by atoms with van der Waals surface area (Å²) < 4.78 is 19.6. The second-order valence-corrected chi connectivity index (χ2v) is 5.26. The molecular weight excluding hydrogens is 349 g/mol. The molecule has 0 saturated heterocycles. The minimum atomic E-state index is -0.553. The third-order valence-corrected chi connectivity index (χ3v) is 3.26. The first kappa shape index (κ1) is 15.0. The Morgan fingerprint density at radius 3 is 2.80 bits per heavy atom. The SMILES string of the molecule is CCNc1nc(C)cc(Oc2cc(F)c(Cl)cc2Br)n1. The molecule has 0 atom stereocenters. The predicted molar refractivity (Wildman–Crippen MR) is 80.1 cm³/mol. The lowest BCUT2D eigenvalue weighted by Gasteiger charge is -2.10. The van der Waals surface area contributed by atoms with E-state index in [4.69, 9.17) is 16.3 Å². The highest BCUT2D eigenvalue weighted by atomic mass is 79.9. The fraction of sp³-hybridized carbons (Fsp3) is 0.231. The first-order chi connectivity index (χ1) is 9.49. The zero-order valence-corrected chi connectivity index (χ0v) is 13.2. The molecule has 2 aromatic rings. The van der Waals surface area contributed by atoms with Gasteiger partial charge in [0, 0.05) is 24.4 Å². The maximum atomic E-state index is 13.5. The quantitative estimate of drug-likeness (QED) is 0.812. The number of nitrogens with zero attached hydrogens (tertiary/aromatic N) is 2. The van der Waals surface area contributed by atoms with E-state index in [0.29, 0.717) is 28.6 Å². The largest absolute Gasteiger partial charge is 0.438 e. The second kappa shape index (κ2) is 6.37. The molecule has 0 saturated carbocycles. The van der Waals surface area contributed by atoms with Gasteiger partial charge in [0.25, 0.3) is 0 Å². The van der Waals surface area contributed by atoms with Gasteiger partial charge in [-0.05, 0) is 35.8 Å². The third kappa shape index (κ3) is 3.58. The van der Waals surface area contributed by atoms with Crippen molar-refractivity contribution in [1.29, 1.82) is 0 Å². The van der Waals surface area contributed by atoms with Crippen molar-refractivity contribution in [3.05, 3.63) is 39.2 Å². The number of halogens is 3. The lowest BCUT2D eigenvalue weighted by Crippen LogP contribution is -2.04. The first-order valence-electron chi connectivity index (χ1n) is 5.91. The van der Waals surface area contributed by atoms with E-state index < -0.39 is 5.82 Å². The summed E-state index contributed by atoms with van der Waals surface area (Å²) in [7, 11) is 0. The number of hydrogen-bond acceptors (Lipinski definition) is 4. The van der Waals surface area contributed by atoms with Crippen LogP contribution in [0.4, 0.5) is 10.3 Å². The smallest absolute Gasteiger partial charge is 0.226 e. The first-order valence-corrected chi connectivity index (χ1v) is 7.08. The molecular formula is C13H12BrClFN3O. The Balaban J connectivity index is 2.32. The summed E-state index contributed by atoms with van der Waals surface area (Å²) >= 11 is 8.96. The van der Waals surface area contributed by atoms with Gasteiger partial charge in [-0.1, -0.05) is 11.6 Å². The second-order valence-electron chi connectivity index (χ2n) is 4.00. The van der Waals surface area contributed by atoms with E-state index in [2.05, 4.69) is 31.2 Å². The number of aromatic nitrogens is 2. The fourth-order valence-electron chi connectivity index (χ4n) is 1.52. The Morgan fingerprint density at radius 2 is 2.10 bits per heavy atom. The van der Waals surface area contributed by atoms with Crippen LogP contribution in [-0.2, 0) is 0 Å². The van der Waals surface area contributed by atoms with Crippen molar-refractivity contribution in [3.8, 4) is 11.6 Å². The molecule has 0 spiro atoms. The molecule has 1 aromatic carbocycles. The van der Waals surface area contributed by atoms with Crippen molar-refractivity contribution in [2.24, 2.45) is 0 Å². The number of nitrogens with one attached hydrogen (secondary N) is 1. The van der Waals surface area contributed by atoms with Crippen LogP contribution < -0.4 is 10.1 Å². The number of aryl methyl sites for hydroxylation is 1. The molecule has 106 valence electrons. The van der Waals surface area contributed by atoms with Gasteiger partial charge in [0.05, 0.1) is 9.50 Å². The van der Waals surface area contributed by atoms with Gasteiger partial charge >= 0.3 is 0 Å². The Bertz CT molecular complexity index is 639. The number of rotatable bonds is 4. The van der Waals surface area contributed by atoms with Crippen LogP contribution in [0.1, 0.15) is 12.6 Å². The van der Waals surface area contributed by atoms with Crippen LogP contribution in [0.3, 0.4) is 0 Å². The zero-order valence-electron chi connectivity index (χ0n) is 10.9. The molecule has 20 heavy (non-hydrogen) atoms. The molecule has 0 amide bonds. The summed E-state index contributed by atoms with van der Waals surface area (Å²) in [6, 6.07) is 4.31. The van der Waals surface area contributed by atoms with E-state index in [1.54, 1.807) is 6.07 Å². The molecule has 0 bridgehead atoms. The van der Waals surface area contributed by atoms with Crippen molar-refractivity contribution < 1.29 is 9.13 Å². The lowest BCUT2D eigenvalue weighted by molar-refractivity contribution is 0.454. The summed E-state index contributed by atoms with van der Waals surface area (Å²) in [6.07, 6.45) is 0. The third-order valence-electron chi connectivity index (χ3n) is 2.35. The maximum absolute atomic E-state index is 13.5. The molecule has 0 radical (unpaired) electrons. The van der Waals surface area contributed by atoms with Crippen LogP contribution in [0, 0.1) is 12.7 Å². The highest BCUT2D eigenvalue weighted by molar-refractivity contribution is 9.10. The van der Waals surface area contributed by atoms with Gasteiger partial charge < -0.3 is 10.1 Å². The van der Waals surface area contributed by atoms with Crippen LogP contribution >= 0.6 is 27.5 Å².